The molecule has 2 aromatic carbocycles. The molecule has 0 saturated carbocycles. The average Bonchev–Trinajstić information content (AvgIpc) is 2.33. The van der Waals surface area contributed by atoms with Crippen LogP contribution in [0.25, 0.3) is 10.8 Å². The van der Waals surface area contributed by atoms with Crippen LogP contribution in [0.15, 0.2) is 42.5 Å². The first kappa shape index (κ1) is 18.0. The second-order valence-corrected chi connectivity index (χ2v) is 2.15. The Morgan fingerprint density at radius 3 is 2.08 bits per heavy atom. The Labute approximate surface area is 85.2 Å². The molecule has 2 rings (SSSR count). The number of hydrogen-bond acceptors (Lipinski definition) is 0. The zero-order valence-electron chi connectivity index (χ0n) is 6.58. The van der Waals surface area contributed by atoms with Crippen molar-refractivity contribution in [3.8, 4) is 0 Å². The molecule has 0 bridgehead atoms. The molecule has 0 spiro atoms. The molecular formula is C9H7CrF3. The molecule has 0 aliphatic heterocycles. The third kappa shape index (κ3) is 3.58. The molecule has 0 aliphatic rings. The molecule has 0 radical (unpaired) electrons. The number of hydrogen-bond donors (Lipinski definition) is 0. The van der Waals surface area contributed by atoms with Gasteiger partial charge in [-0.3, -0.25) is 0 Å². The third-order valence-electron chi connectivity index (χ3n) is 1.55. The second-order valence-electron chi connectivity index (χ2n) is 2.15. The van der Waals surface area contributed by atoms with Crippen LogP contribution in [-0.2, 0) is 17.4 Å². The molecule has 2 aromatic rings. The normalized spacial score (nSPS) is 7.08. The number of fused-ring (bicyclic) bond motifs is 1. The van der Waals surface area contributed by atoms with Crippen molar-refractivity contribution in [1.29, 1.82) is 0 Å². The second kappa shape index (κ2) is 7.78. The van der Waals surface area contributed by atoms with E-state index >= 15 is 0 Å². The first-order chi connectivity index (χ1) is 4.47. The van der Waals surface area contributed by atoms with Crippen molar-refractivity contribution in [3.63, 3.8) is 0 Å². The molecule has 0 atom stereocenters. The molecule has 0 unspecified atom stereocenters. The fourth-order valence-electron chi connectivity index (χ4n) is 1.07. The summed E-state index contributed by atoms with van der Waals surface area (Å²) in [6.45, 7) is 0. The molecule has 0 aliphatic carbocycles. The monoisotopic (exact) mass is 224 g/mol. The van der Waals surface area contributed by atoms with E-state index < -0.39 is 0 Å². The molecule has 0 saturated heterocycles. The fraction of sp³-hybridized carbons (Fsp3) is 0. The number of halogens is 3. The van der Waals surface area contributed by atoms with Crippen LogP contribution in [0.2, 0.25) is 0 Å². The van der Waals surface area contributed by atoms with E-state index in [2.05, 4.69) is 42.5 Å². The van der Waals surface area contributed by atoms with E-state index in [-0.39, 0.29) is 31.5 Å². The van der Waals surface area contributed by atoms with Gasteiger partial charge in [0.25, 0.3) is 0 Å². The van der Waals surface area contributed by atoms with Crippen LogP contribution in [0.3, 0.4) is 0 Å². The van der Waals surface area contributed by atoms with E-state index in [9.17, 15) is 0 Å². The molecule has 0 heterocycles. The van der Waals surface area contributed by atoms with Gasteiger partial charge in [-0.25, -0.2) is 0 Å². The summed E-state index contributed by atoms with van der Waals surface area (Å²) in [6, 6.07) is 14.7. The van der Waals surface area contributed by atoms with E-state index in [1.807, 2.05) is 0 Å². The zero-order chi connectivity index (χ0) is 6.10. The molecule has 0 amide bonds. The maximum absolute atomic E-state index is 2.12. The molecule has 0 N–H and O–H groups in total. The van der Waals surface area contributed by atoms with E-state index in [1.54, 1.807) is 0 Å². The summed E-state index contributed by atoms with van der Waals surface area (Å²) in [4.78, 5) is 0. The molecular weight excluding hydrogens is 217 g/mol. The van der Waals surface area contributed by atoms with Crippen LogP contribution < -0.4 is 14.1 Å². The summed E-state index contributed by atoms with van der Waals surface area (Å²) < 4.78 is 0. The summed E-state index contributed by atoms with van der Waals surface area (Å²) in [5, 5.41) is 2.66. The van der Waals surface area contributed by atoms with Crippen molar-refractivity contribution < 1.29 is 31.5 Å². The van der Waals surface area contributed by atoms with Crippen LogP contribution in [0.1, 0.15) is 0 Å². The van der Waals surface area contributed by atoms with Crippen LogP contribution in [0.4, 0.5) is 0 Å². The molecule has 0 fully saturated rings. The largest absolute Gasteiger partial charge is 4.00 e. The van der Waals surface area contributed by atoms with E-state index in [0.717, 1.165) is 0 Å². The molecule has 70 valence electrons. The zero-order valence-corrected chi connectivity index (χ0v) is 7.86. The summed E-state index contributed by atoms with van der Waals surface area (Å²) >= 11 is 0. The van der Waals surface area contributed by atoms with E-state index in [1.165, 1.54) is 10.8 Å². The van der Waals surface area contributed by atoms with Gasteiger partial charge in [-0.15, -0.1) is 29.7 Å². The van der Waals surface area contributed by atoms with E-state index in [0.29, 0.717) is 0 Å². The minimum Gasteiger partial charge on any atom is -1.00 e. The van der Waals surface area contributed by atoms with Crippen molar-refractivity contribution in [3.05, 3.63) is 42.5 Å². The minimum absolute atomic E-state index is 0. The quantitative estimate of drug-likeness (QED) is 0.390. The predicted octanol–water partition coefficient (Wildman–Crippen LogP) is -6.43. The van der Waals surface area contributed by atoms with E-state index in [4.69, 9.17) is 0 Å². The number of rotatable bonds is 0. The van der Waals surface area contributed by atoms with Crippen LogP contribution >= 0.6 is 0 Å². The minimum atomic E-state index is 0. The summed E-state index contributed by atoms with van der Waals surface area (Å²) in [5.74, 6) is 0. The third-order valence-corrected chi connectivity index (χ3v) is 1.55. The molecule has 13 heavy (non-hydrogen) atoms. The Balaban J connectivity index is -0.000000250. The van der Waals surface area contributed by atoms with Gasteiger partial charge in [0.2, 0.25) is 0 Å². The Morgan fingerprint density at radius 2 is 1.46 bits per heavy atom. The summed E-state index contributed by atoms with van der Waals surface area (Å²) in [7, 11) is 0. The van der Waals surface area contributed by atoms with Crippen molar-refractivity contribution in [2.45, 2.75) is 0 Å². The van der Waals surface area contributed by atoms with Gasteiger partial charge in [-0.05, 0) is 0 Å². The standard InChI is InChI=1S/C9H7.Cr.3FH/c1-2-5-9-7-3-6-8(9)4-1;;;;/h1-7H;;3*1H/q-1;+4;;;/p-3. The van der Waals surface area contributed by atoms with Gasteiger partial charge < -0.3 is 14.1 Å². The predicted molar refractivity (Wildman–Crippen MR) is 39.5 cm³/mol. The van der Waals surface area contributed by atoms with Crippen LogP contribution in [-0.4, -0.2) is 0 Å². The maximum atomic E-state index is 2.12. The van der Waals surface area contributed by atoms with Crippen molar-refractivity contribution in [2.24, 2.45) is 0 Å². The summed E-state index contributed by atoms with van der Waals surface area (Å²) in [6.07, 6.45) is 0. The van der Waals surface area contributed by atoms with Gasteiger partial charge in [0.15, 0.2) is 0 Å². The Kier molecular flexibility index (Phi) is 10.8. The van der Waals surface area contributed by atoms with Gasteiger partial charge in [0.1, 0.15) is 0 Å². The van der Waals surface area contributed by atoms with Crippen LogP contribution in [0.5, 0.6) is 0 Å². The van der Waals surface area contributed by atoms with Gasteiger partial charge in [0.05, 0.1) is 0 Å². The van der Waals surface area contributed by atoms with Crippen LogP contribution in [0, 0.1) is 0 Å². The summed E-state index contributed by atoms with van der Waals surface area (Å²) in [5.41, 5.74) is 0. The van der Waals surface area contributed by atoms with Crippen molar-refractivity contribution in [1.82, 2.24) is 0 Å². The van der Waals surface area contributed by atoms with Crippen molar-refractivity contribution >= 4 is 10.8 Å². The first-order valence-corrected chi connectivity index (χ1v) is 3.07. The van der Waals surface area contributed by atoms with Gasteiger partial charge in [-0.2, -0.15) is 17.5 Å². The van der Waals surface area contributed by atoms with Crippen molar-refractivity contribution in [2.75, 3.05) is 0 Å². The number of benzene rings is 1. The first-order valence-electron chi connectivity index (χ1n) is 3.07. The Morgan fingerprint density at radius 1 is 0.846 bits per heavy atom. The Hall–Kier alpha value is -0.848. The fourth-order valence-corrected chi connectivity index (χ4v) is 1.07. The molecule has 4 heteroatoms. The SMILES string of the molecule is [Cr+4].[F-].[F-].[F-].c1ccc2[cH-]ccc2c1. The molecule has 0 aromatic heterocycles. The van der Waals surface area contributed by atoms with Gasteiger partial charge in [0, 0.05) is 0 Å². The maximum Gasteiger partial charge on any atom is 4.00 e. The average molecular weight is 224 g/mol. The molecule has 0 nitrogen and oxygen atoms in total. The van der Waals surface area contributed by atoms with Gasteiger partial charge >= 0.3 is 17.4 Å². The topological polar surface area (TPSA) is 0 Å². The van der Waals surface area contributed by atoms with Gasteiger partial charge in [-0.1, -0.05) is 6.07 Å². The smallest absolute Gasteiger partial charge is 1.00 e. The Bertz CT molecular complexity index is 289.